The molecule has 1 aromatic rings. The number of carbonyl (C=O) groups excluding carboxylic acids is 2. The second-order valence-corrected chi connectivity index (χ2v) is 6.48. The molecule has 0 aromatic heterocycles. The van der Waals surface area contributed by atoms with E-state index in [1.165, 1.54) is 11.8 Å². The van der Waals surface area contributed by atoms with Crippen LogP contribution in [0.1, 0.15) is 25.3 Å². The summed E-state index contributed by atoms with van der Waals surface area (Å²) in [6.45, 7) is 5.08. The van der Waals surface area contributed by atoms with Gasteiger partial charge in [-0.05, 0) is 45.4 Å². The zero-order valence-corrected chi connectivity index (χ0v) is 15.3. The molecule has 1 unspecified atom stereocenters. The normalized spacial score (nSPS) is 11.3. The molecule has 7 heteroatoms. The van der Waals surface area contributed by atoms with E-state index in [0.717, 1.165) is 24.1 Å². The number of anilines is 1. The van der Waals surface area contributed by atoms with Gasteiger partial charge in [-0.25, -0.2) is 0 Å². The highest BCUT2D eigenvalue weighted by Gasteiger charge is 2.14. The predicted octanol–water partition coefficient (Wildman–Crippen LogP) is 2.33. The molecule has 0 aliphatic carbocycles. The molecule has 0 aliphatic rings. The molecule has 23 heavy (non-hydrogen) atoms. The fraction of sp³-hybridized carbons (Fsp3) is 0.500. The van der Waals surface area contributed by atoms with Crippen LogP contribution in [0.4, 0.5) is 5.69 Å². The summed E-state index contributed by atoms with van der Waals surface area (Å²) in [4.78, 5) is 23.7. The molecule has 0 radical (unpaired) electrons. The van der Waals surface area contributed by atoms with Crippen LogP contribution in [0.5, 0.6) is 0 Å². The summed E-state index contributed by atoms with van der Waals surface area (Å²) in [6, 6.07) is 7.62. The highest BCUT2D eigenvalue weighted by atomic mass is 35.5. The average molecular weight is 360 g/mol. The Morgan fingerprint density at radius 1 is 1.22 bits per heavy atom. The van der Waals surface area contributed by atoms with Crippen molar-refractivity contribution < 1.29 is 9.59 Å². The minimum atomic E-state index is -0.248. The molecule has 4 N–H and O–H groups in total. The topological polar surface area (TPSA) is 84.2 Å². The first-order valence-electron chi connectivity index (χ1n) is 7.49. The maximum absolute atomic E-state index is 11.8. The Labute approximate surface area is 148 Å². The van der Waals surface area contributed by atoms with Crippen LogP contribution in [0, 0.1) is 6.92 Å². The molecule has 0 saturated carbocycles. The number of aryl methyl sites for hydroxylation is 1. The van der Waals surface area contributed by atoms with Crippen molar-refractivity contribution in [2.45, 2.75) is 31.9 Å². The number of benzene rings is 1. The van der Waals surface area contributed by atoms with Crippen molar-refractivity contribution >= 4 is 41.7 Å². The first kappa shape index (κ1) is 21.8. The molecule has 0 bridgehead atoms. The Morgan fingerprint density at radius 2 is 1.87 bits per heavy atom. The van der Waals surface area contributed by atoms with Gasteiger partial charge in [0.1, 0.15) is 0 Å². The Hall–Kier alpha value is -1.24. The van der Waals surface area contributed by atoms with E-state index in [1.807, 2.05) is 38.1 Å². The van der Waals surface area contributed by atoms with Crippen LogP contribution in [-0.2, 0) is 9.59 Å². The maximum Gasteiger partial charge on any atom is 0.234 e. The van der Waals surface area contributed by atoms with Crippen molar-refractivity contribution in [2.24, 2.45) is 5.73 Å². The lowest BCUT2D eigenvalue weighted by Crippen LogP contribution is -2.32. The lowest BCUT2D eigenvalue weighted by molar-refractivity contribution is -0.120. The highest BCUT2D eigenvalue weighted by Crippen LogP contribution is 2.13. The largest absolute Gasteiger partial charge is 0.355 e. The minimum absolute atomic E-state index is 0. The van der Waals surface area contributed by atoms with Crippen LogP contribution in [0.15, 0.2) is 24.3 Å². The van der Waals surface area contributed by atoms with Crippen molar-refractivity contribution in [3.8, 4) is 0 Å². The third-order valence-corrected chi connectivity index (χ3v) is 4.24. The van der Waals surface area contributed by atoms with Gasteiger partial charge in [0.2, 0.25) is 11.8 Å². The van der Waals surface area contributed by atoms with Gasteiger partial charge in [0.15, 0.2) is 0 Å². The van der Waals surface area contributed by atoms with Crippen LogP contribution < -0.4 is 16.4 Å². The Bertz CT molecular complexity index is 483. The molecule has 0 spiro atoms. The first-order chi connectivity index (χ1) is 10.5. The number of carbonyl (C=O) groups is 2. The molecule has 130 valence electrons. The maximum atomic E-state index is 11.8. The van der Waals surface area contributed by atoms with Crippen LogP contribution in [0.25, 0.3) is 0 Å². The standard InChI is InChI=1S/C16H25N3O2S.ClH/c1-12-5-7-14(8-6-12)19-15(20)11-22-13(2)16(21)18-10-4-3-9-17;/h5-8,13H,3-4,9-11,17H2,1-2H3,(H,18,21)(H,19,20);1H. The van der Waals surface area contributed by atoms with Gasteiger partial charge in [0.05, 0.1) is 11.0 Å². The second-order valence-electron chi connectivity index (χ2n) is 5.15. The summed E-state index contributed by atoms with van der Waals surface area (Å²) in [7, 11) is 0. The smallest absolute Gasteiger partial charge is 0.234 e. The first-order valence-corrected chi connectivity index (χ1v) is 8.53. The number of hydrogen-bond donors (Lipinski definition) is 3. The summed E-state index contributed by atoms with van der Waals surface area (Å²) in [6.07, 6.45) is 1.79. The molecule has 5 nitrogen and oxygen atoms in total. The average Bonchev–Trinajstić information content (AvgIpc) is 2.51. The van der Waals surface area contributed by atoms with Gasteiger partial charge < -0.3 is 16.4 Å². The van der Waals surface area contributed by atoms with E-state index in [1.54, 1.807) is 0 Å². The molecule has 0 heterocycles. The SMILES string of the molecule is Cc1ccc(NC(=O)CSC(C)C(=O)NCCCCN)cc1.Cl. The minimum Gasteiger partial charge on any atom is -0.355 e. The summed E-state index contributed by atoms with van der Waals surface area (Å²) >= 11 is 1.33. The summed E-state index contributed by atoms with van der Waals surface area (Å²) in [5, 5.41) is 5.42. The van der Waals surface area contributed by atoms with Crippen molar-refractivity contribution in [3.63, 3.8) is 0 Å². The number of nitrogens with one attached hydrogen (secondary N) is 2. The fourth-order valence-corrected chi connectivity index (χ4v) is 2.44. The number of hydrogen-bond acceptors (Lipinski definition) is 4. The van der Waals surface area contributed by atoms with Crippen LogP contribution in [-0.4, -0.2) is 35.9 Å². The molecule has 1 rings (SSSR count). The van der Waals surface area contributed by atoms with E-state index in [-0.39, 0.29) is 35.2 Å². The summed E-state index contributed by atoms with van der Waals surface area (Å²) in [5.41, 5.74) is 7.32. The number of nitrogens with two attached hydrogens (primary N) is 1. The number of halogens is 1. The van der Waals surface area contributed by atoms with E-state index in [2.05, 4.69) is 10.6 Å². The molecule has 2 amide bonds. The zero-order chi connectivity index (χ0) is 16.4. The van der Waals surface area contributed by atoms with Crippen molar-refractivity contribution in [3.05, 3.63) is 29.8 Å². The molecular formula is C16H26ClN3O2S. The van der Waals surface area contributed by atoms with Gasteiger partial charge in [0.25, 0.3) is 0 Å². The van der Waals surface area contributed by atoms with Crippen molar-refractivity contribution in [1.29, 1.82) is 0 Å². The Kier molecular flexibility index (Phi) is 11.6. The molecule has 1 atom stereocenters. The van der Waals surface area contributed by atoms with E-state index in [9.17, 15) is 9.59 Å². The molecule has 0 saturated heterocycles. The lowest BCUT2D eigenvalue weighted by atomic mass is 10.2. The van der Waals surface area contributed by atoms with Crippen LogP contribution >= 0.6 is 24.2 Å². The van der Waals surface area contributed by atoms with E-state index in [0.29, 0.717) is 13.1 Å². The molecule has 1 aromatic carbocycles. The Balaban J connectivity index is 0.00000484. The van der Waals surface area contributed by atoms with E-state index >= 15 is 0 Å². The number of rotatable bonds is 9. The Morgan fingerprint density at radius 3 is 2.48 bits per heavy atom. The fourth-order valence-electron chi connectivity index (χ4n) is 1.73. The number of amides is 2. The quantitative estimate of drug-likeness (QED) is 0.591. The molecular weight excluding hydrogens is 334 g/mol. The van der Waals surface area contributed by atoms with Gasteiger partial charge in [-0.1, -0.05) is 17.7 Å². The molecule has 0 fully saturated rings. The van der Waals surface area contributed by atoms with Gasteiger partial charge in [-0.2, -0.15) is 0 Å². The lowest BCUT2D eigenvalue weighted by Gasteiger charge is -2.12. The summed E-state index contributed by atoms with van der Waals surface area (Å²) < 4.78 is 0. The second kappa shape index (κ2) is 12.2. The van der Waals surface area contributed by atoms with Gasteiger partial charge in [0, 0.05) is 12.2 Å². The van der Waals surface area contributed by atoms with Gasteiger partial charge >= 0.3 is 0 Å². The molecule has 0 aliphatic heterocycles. The van der Waals surface area contributed by atoms with Crippen LogP contribution in [0.2, 0.25) is 0 Å². The van der Waals surface area contributed by atoms with E-state index in [4.69, 9.17) is 5.73 Å². The van der Waals surface area contributed by atoms with Gasteiger partial charge in [-0.3, -0.25) is 9.59 Å². The number of thioether (sulfide) groups is 1. The van der Waals surface area contributed by atoms with Crippen molar-refractivity contribution in [1.82, 2.24) is 5.32 Å². The highest BCUT2D eigenvalue weighted by molar-refractivity contribution is 8.01. The van der Waals surface area contributed by atoms with Gasteiger partial charge in [-0.15, -0.1) is 24.2 Å². The summed E-state index contributed by atoms with van der Waals surface area (Å²) in [5.74, 6) is 0.118. The predicted molar refractivity (Wildman–Crippen MR) is 100 cm³/mol. The number of unbranched alkanes of at least 4 members (excludes halogenated alkanes) is 1. The third-order valence-electron chi connectivity index (χ3n) is 3.10. The monoisotopic (exact) mass is 359 g/mol. The third kappa shape index (κ3) is 9.48. The van der Waals surface area contributed by atoms with E-state index < -0.39 is 0 Å². The van der Waals surface area contributed by atoms with Crippen molar-refractivity contribution in [2.75, 3.05) is 24.2 Å². The van der Waals surface area contributed by atoms with Crippen LogP contribution in [0.3, 0.4) is 0 Å². The zero-order valence-electron chi connectivity index (χ0n) is 13.6.